The molecule has 0 heterocycles. The second-order valence-corrected chi connectivity index (χ2v) is 11.3. The van der Waals surface area contributed by atoms with Crippen LogP contribution in [0.3, 0.4) is 0 Å². The molecule has 2 rings (SSSR count). The summed E-state index contributed by atoms with van der Waals surface area (Å²) >= 11 is 0. The van der Waals surface area contributed by atoms with Crippen LogP contribution in [-0.4, -0.2) is 44.6 Å². The van der Waals surface area contributed by atoms with Crippen molar-refractivity contribution in [3.8, 4) is 0 Å². The molecule has 3 nitrogen and oxygen atoms in total. The predicted octanol–water partition coefficient (Wildman–Crippen LogP) is 8.94. The molecule has 35 heavy (non-hydrogen) atoms. The summed E-state index contributed by atoms with van der Waals surface area (Å²) in [5, 5.41) is 1.64. The van der Waals surface area contributed by atoms with Crippen LogP contribution in [0.2, 0.25) is 0 Å². The summed E-state index contributed by atoms with van der Waals surface area (Å²) in [6, 6.07) is 12.9. The van der Waals surface area contributed by atoms with E-state index in [4.69, 9.17) is 4.18 Å². The van der Waals surface area contributed by atoms with Crippen molar-refractivity contribution in [2.75, 3.05) is 6.61 Å². The van der Waals surface area contributed by atoms with E-state index in [0.29, 0.717) is 0 Å². The van der Waals surface area contributed by atoms with E-state index in [0.717, 1.165) is 30.0 Å². The van der Waals surface area contributed by atoms with E-state index in [1.807, 2.05) is 30.3 Å². The molecule has 0 atom stereocenters. The predicted molar refractivity (Wildman–Crippen MR) is 153 cm³/mol. The van der Waals surface area contributed by atoms with Crippen molar-refractivity contribution in [3.05, 3.63) is 42.5 Å². The molecule has 0 N–H and O–H groups in total. The van der Waals surface area contributed by atoms with Crippen molar-refractivity contribution in [3.63, 3.8) is 0 Å². The van der Waals surface area contributed by atoms with Crippen LogP contribution in [0.1, 0.15) is 122 Å². The van der Waals surface area contributed by atoms with E-state index in [-0.39, 0.29) is 41.1 Å². The Kier molecular flexibility index (Phi) is 19.3. The van der Waals surface area contributed by atoms with Crippen molar-refractivity contribution in [1.29, 1.82) is 0 Å². The summed E-state index contributed by atoms with van der Waals surface area (Å²) in [6.07, 6.45) is 23.8. The molecule has 0 fully saturated rings. The van der Waals surface area contributed by atoms with Crippen LogP contribution in [0.4, 0.5) is 0 Å². The Hall–Kier alpha value is -0.390. The number of unbranched alkanes of at least 4 members (excludes halogenated alkanes) is 17. The minimum atomic E-state index is -3.71. The molecule has 0 aliphatic carbocycles. The molecule has 5 heteroatoms. The fraction of sp³-hybridized carbons (Fsp3) is 0.667. The molecule has 0 aromatic heterocycles. The first kappa shape index (κ1) is 32.6. The standard InChI is InChI=1S/C30H48O3S.Na.H/c1-2-3-4-5-6-7-8-9-10-11-12-13-14-15-16-17-18-21-27-33-34(31,32)30-26-22-24-28-23-19-20-25-29(28)30;;/h19-20,22-26H,2-18,21,27H2,1H3;;. The van der Waals surface area contributed by atoms with Crippen LogP contribution in [0.25, 0.3) is 10.8 Å². The minimum absolute atomic E-state index is 0. The second kappa shape index (κ2) is 20.6. The van der Waals surface area contributed by atoms with E-state index in [9.17, 15) is 8.42 Å². The van der Waals surface area contributed by atoms with Gasteiger partial charge in [-0.3, -0.25) is 4.18 Å². The first-order valence-corrected chi connectivity index (χ1v) is 15.4. The summed E-state index contributed by atoms with van der Waals surface area (Å²) in [7, 11) is -3.71. The first-order chi connectivity index (χ1) is 16.6. The van der Waals surface area contributed by atoms with Gasteiger partial charge in [0.25, 0.3) is 10.1 Å². The number of fused-ring (bicyclic) bond motifs is 1. The number of hydrogen-bond acceptors (Lipinski definition) is 3. The Balaban J connectivity index is 0.00000612. The van der Waals surface area contributed by atoms with Crippen LogP contribution >= 0.6 is 0 Å². The summed E-state index contributed by atoms with van der Waals surface area (Å²) in [6.45, 7) is 2.55. The normalized spacial score (nSPS) is 11.6. The SMILES string of the molecule is CCCCCCCCCCCCCCCCCCCCOS(=O)(=O)c1cccc2ccccc12.[NaH]. The molecule has 0 bridgehead atoms. The van der Waals surface area contributed by atoms with Gasteiger partial charge >= 0.3 is 29.6 Å². The van der Waals surface area contributed by atoms with Gasteiger partial charge in [0, 0.05) is 5.39 Å². The van der Waals surface area contributed by atoms with Crippen LogP contribution in [0, 0.1) is 0 Å². The zero-order chi connectivity index (χ0) is 24.3. The number of hydrogen-bond donors (Lipinski definition) is 0. The Morgan fingerprint density at radius 2 is 1.00 bits per heavy atom. The molecule has 0 spiro atoms. The average Bonchev–Trinajstić information content (AvgIpc) is 2.85. The van der Waals surface area contributed by atoms with Crippen LogP contribution < -0.4 is 0 Å². The van der Waals surface area contributed by atoms with Crippen molar-refractivity contribution >= 4 is 50.4 Å². The van der Waals surface area contributed by atoms with E-state index in [1.165, 1.54) is 96.3 Å². The van der Waals surface area contributed by atoms with Gasteiger partial charge in [-0.2, -0.15) is 8.42 Å². The van der Waals surface area contributed by atoms with Gasteiger partial charge in [0.1, 0.15) is 4.90 Å². The molecule has 194 valence electrons. The fourth-order valence-corrected chi connectivity index (χ4v) is 5.81. The van der Waals surface area contributed by atoms with Crippen molar-refractivity contribution < 1.29 is 12.6 Å². The average molecular weight is 513 g/mol. The molecular weight excluding hydrogens is 463 g/mol. The molecule has 2 aromatic rings. The van der Waals surface area contributed by atoms with Gasteiger partial charge in [-0.15, -0.1) is 0 Å². The Labute approximate surface area is 238 Å². The fourth-order valence-electron chi connectivity index (χ4n) is 4.65. The van der Waals surface area contributed by atoms with Gasteiger partial charge in [-0.25, -0.2) is 0 Å². The Morgan fingerprint density at radius 3 is 1.51 bits per heavy atom. The maximum atomic E-state index is 12.6. The molecule has 0 unspecified atom stereocenters. The van der Waals surface area contributed by atoms with Gasteiger partial charge in [0.2, 0.25) is 0 Å². The third-order valence-electron chi connectivity index (χ3n) is 6.76. The monoisotopic (exact) mass is 512 g/mol. The third-order valence-corrected chi connectivity index (χ3v) is 8.13. The molecule has 2 aromatic carbocycles. The summed E-state index contributed by atoms with van der Waals surface area (Å²) in [5.74, 6) is 0. The quantitative estimate of drug-likeness (QED) is 0.0952. The van der Waals surface area contributed by atoms with Gasteiger partial charge < -0.3 is 0 Å². The second-order valence-electron chi connectivity index (χ2n) is 9.76. The summed E-state index contributed by atoms with van der Waals surface area (Å²) in [4.78, 5) is 0.271. The van der Waals surface area contributed by atoms with E-state index in [1.54, 1.807) is 12.1 Å². The third kappa shape index (κ3) is 14.2. The van der Waals surface area contributed by atoms with Crippen molar-refractivity contribution in [1.82, 2.24) is 0 Å². The van der Waals surface area contributed by atoms with Crippen LogP contribution in [0.15, 0.2) is 47.4 Å². The van der Waals surface area contributed by atoms with Crippen molar-refractivity contribution in [2.24, 2.45) is 0 Å². The molecule has 0 aliphatic heterocycles. The van der Waals surface area contributed by atoms with Gasteiger partial charge in [0.15, 0.2) is 0 Å². The summed E-state index contributed by atoms with van der Waals surface area (Å²) in [5.41, 5.74) is 0. The topological polar surface area (TPSA) is 43.4 Å². The van der Waals surface area contributed by atoms with E-state index in [2.05, 4.69) is 6.92 Å². The zero-order valence-electron chi connectivity index (χ0n) is 21.6. The Morgan fingerprint density at radius 1 is 0.571 bits per heavy atom. The maximum absolute atomic E-state index is 12.6. The number of benzene rings is 2. The number of rotatable bonds is 21. The van der Waals surface area contributed by atoms with Crippen LogP contribution in [-0.2, 0) is 14.3 Å². The molecule has 0 amide bonds. The molecule has 0 saturated carbocycles. The first-order valence-electron chi connectivity index (χ1n) is 14.0. The van der Waals surface area contributed by atoms with E-state index >= 15 is 0 Å². The molecule has 0 aliphatic rings. The molecule has 0 radical (unpaired) electrons. The Bertz CT molecular complexity index is 877. The molecule has 0 saturated heterocycles. The zero-order valence-corrected chi connectivity index (χ0v) is 22.4. The van der Waals surface area contributed by atoms with E-state index < -0.39 is 10.1 Å². The molecular formula is C30H49NaO3S. The van der Waals surface area contributed by atoms with Crippen molar-refractivity contribution in [2.45, 2.75) is 127 Å². The van der Waals surface area contributed by atoms with Crippen LogP contribution in [0.5, 0.6) is 0 Å². The summed E-state index contributed by atoms with van der Waals surface area (Å²) < 4.78 is 30.5. The van der Waals surface area contributed by atoms with Gasteiger partial charge in [-0.1, -0.05) is 152 Å². The van der Waals surface area contributed by atoms with Gasteiger partial charge in [-0.05, 0) is 17.9 Å². The van der Waals surface area contributed by atoms with Gasteiger partial charge in [0.05, 0.1) is 6.61 Å².